The first-order valence-corrected chi connectivity index (χ1v) is 6.82. The number of primary amides is 1. The number of hydrogen-bond donors (Lipinski definition) is 1. The number of amides is 1. The largest absolute Gasteiger partial charge is 0.368 e. The normalized spacial score (nSPS) is 18.5. The molecule has 101 valence electrons. The predicted octanol–water partition coefficient (Wildman–Crippen LogP) is 2.07. The number of fused-ring (bicyclic) bond motifs is 1. The molecule has 1 radical (unpaired) electrons. The van der Waals surface area contributed by atoms with E-state index in [1.165, 1.54) is 11.1 Å². The Bertz CT molecular complexity index is 609. The Morgan fingerprint density at radius 3 is 2.85 bits per heavy atom. The Labute approximate surface area is 119 Å². The average Bonchev–Trinajstić information content (AvgIpc) is 2.47. The Hall–Kier alpha value is -2.13. The van der Waals surface area contributed by atoms with E-state index >= 15 is 0 Å². The summed E-state index contributed by atoms with van der Waals surface area (Å²) in [6.45, 7) is 1.58. The monoisotopic (exact) mass is 265 g/mol. The van der Waals surface area contributed by atoms with Crippen LogP contribution in [0.25, 0.3) is 0 Å². The lowest BCUT2D eigenvalue weighted by molar-refractivity contribution is -0.124. The van der Waals surface area contributed by atoms with E-state index in [0.717, 1.165) is 25.1 Å². The van der Waals surface area contributed by atoms with Gasteiger partial charge in [-0.1, -0.05) is 48.5 Å². The fraction of sp³-hybridized carbons (Fsp3) is 0.235. The van der Waals surface area contributed by atoms with Crippen molar-refractivity contribution in [2.75, 3.05) is 6.54 Å². The van der Waals surface area contributed by atoms with Gasteiger partial charge < -0.3 is 5.73 Å². The zero-order chi connectivity index (χ0) is 13.9. The van der Waals surface area contributed by atoms with Crippen molar-refractivity contribution in [3.05, 3.63) is 71.3 Å². The zero-order valence-electron chi connectivity index (χ0n) is 11.3. The van der Waals surface area contributed by atoms with E-state index < -0.39 is 0 Å². The summed E-state index contributed by atoms with van der Waals surface area (Å²) in [5.74, 6) is -0.284. The first-order chi connectivity index (χ1) is 9.75. The summed E-state index contributed by atoms with van der Waals surface area (Å²) >= 11 is 0. The van der Waals surface area contributed by atoms with Crippen molar-refractivity contribution in [1.29, 1.82) is 0 Å². The molecule has 1 aliphatic rings. The van der Waals surface area contributed by atoms with Crippen LogP contribution in [0.1, 0.15) is 22.7 Å². The number of nitrogens with two attached hydrogens (primary N) is 1. The van der Waals surface area contributed by atoms with E-state index in [1.54, 1.807) is 0 Å². The number of benzene rings is 2. The van der Waals surface area contributed by atoms with Gasteiger partial charge in [0.2, 0.25) is 5.91 Å². The van der Waals surface area contributed by atoms with Crippen LogP contribution in [0, 0.1) is 6.07 Å². The summed E-state index contributed by atoms with van der Waals surface area (Å²) in [4.78, 5) is 14.0. The number of nitrogens with zero attached hydrogens (tertiary/aromatic N) is 1. The van der Waals surface area contributed by atoms with Crippen LogP contribution < -0.4 is 5.73 Å². The molecule has 1 atom stereocenters. The number of carbonyl (C=O) groups is 1. The third-order valence-electron chi connectivity index (χ3n) is 3.81. The van der Waals surface area contributed by atoms with Gasteiger partial charge in [-0.25, -0.2) is 0 Å². The summed E-state index contributed by atoms with van der Waals surface area (Å²) in [5, 5.41) is 0. The van der Waals surface area contributed by atoms with Gasteiger partial charge in [0.15, 0.2) is 0 Å². The van der Waals surface area contributed by atoms with E-state index in [-0.39, 0.29) is 11.9 Å². The molecule has 2 N–H and O–H groups in total. The summed E-state index contributed by atoms with van der Waals surface area (Å²) in [5.41, 5.74) is 9.04. The van der Waals surface area contributed by atoms with Crippen LogP contribution in [0.2, 0.25) is 0 Å². The van der Waals surface area contributed by atoms with E-state index in [9.17, 15) is 4.79 Å². The summed E-state index contributed by atoms with van der Waals surface area (Å²) in [6.07, 6.45) is 0.934. The van der Waals surface area contributed by atoms with E-state index in [4.69, 9.17) is 5.73 Å². The van der Waals surface area contributed by atoms with Crippen molar-refractivity contribution in [2.24, 2.45) is 5.73 Å². The van der Waals surface area contributed by atoms with Gasteiger partial charge in [-0.15, -0.1) is 0 Å². The molecule has 3 nitrogen and oxygen atoms in total. The highest BCUT2D eigenvalue weighted by Crippen LogP contribution is 2.30. The molecule has 0 aromatic heterocycles. The van der Waals surface area contributed by atoms with Gasteiger partial charge in [0, 0.05) is 13.1 Å². The average molecular weight is 265 g/mol. The maximum atomic E-state index is 11.9. The van der Waals surface area contributed by atoms with E-state index in [1.807, 2.05) is 36.4 Å². The fourth-order valence-corrected chi connectivity index (χ4v) is 2.87. The molecule has 1 aliphatic heterocycles. The molecule has 3 rings (SSSR count). The molecule has 3 heteroatoms. The molecule has 1 amide bonds. The second kappa shape index (κ2) is 5.47. The molecule has 2 aromatic rings. The van der Waals surface area contributed by atoms with Crippen LogP contribution in [0.3, 0.4) is 0 Å². The third-order valence-corrected chi connectivity index (χ3v) is 3.81. The van der Waals surface area contributed by atoms with Crippen LogP contribution in [0.15, 0.2) is 48.5 Å². The lowest BCUT2D eigenvalue weighted by atomic mass is 9.92. The van der Waals surface area contributed by atoms with Gasteiger partial charge in [-0.3, -0.25) is 9.69 Å². The smallest absolute Gasteiger partial charge is 0.239 e. The van der Waals surface area contributed by atoms with Crippen molar-refractivity contribution in [3.8, 4) is 0 Å². The Morgan fingerprint density at radius 2 is 2.10 bits per heavy atom. The van der Waals surface area contributed by atoms with Gasteiger partial charge in [0.1, 0.15) is 6.04 Å². The molecule has 0 aliphatic carbocycles. The molecule has 1 unspecified atom stereocenters. The standard InChI is InChI=1S/C17H17N2O/c18-17(20)16-15-9-5-4-8-14(15)10-11-19(16)12-13-6-2-1-3-7-13/h1-3,5-9,16H,10-12H2,(H2,18,20). The van der Waals surface area contributed by atoms with Crippen LogP contribution in [0.5, 0.6) is 0 Å². The summed E-state index contributed by atoms with van der Waals surface area (Å²) in [7, 11) is 0. The molecular weight excluding hydrogens is 248 g/mol. The van der Waals surface area contributed by atoms with Crippen molar-refractivity contribution in [2.45, 2.75) is 19.0 Å². The van der Waals surface area contributed by atoms with Crippen molar-refractivity contribution < 1.29 is 4.79 Å². The number of carbonyl (C=O) groups excluding carboxylic acids is 1. The highest BCUT2D eigenvalue weighted by Gasteiger charge is 2.31. The van der Waals surface area contributed by atoms with Gasteiger partial charge in [0.05, 0.1) is 0 Å². The second-order valence-corrected chi connectivity index (χ2v) is 5.14. The van der Waals surface area contributed by atoms with Gasteiger partial charge in [-0.05, 0) is 29.2 Å². The Morgan fingerprint density at radius 1 is 1.30 bits per heavy atom. The zero-order valence-corrected chi connectivity index (χ0v) is 11.3. The van der Waals surface area contributed by atoms with Crippen LogP contribution >= 0.6 is 0 Å². The highest BCUT2D eigenvalue weighted by molar-refractivity contribution is 5.82. The maximum absolute atomic E-state index is 11.9. The molecular formula is C17H17N2O. The fourth-order valence-electron chi connectivity index (χ4n) is 2.87. The molecule has 0 saturated heterocycles. The lowest BCUT2D eigenvalue weighted by Crippen LogP contribution is -2.42. The van der Waals surface area contributed by atoms with Crippen molar-refractivity contribution in [1.82, 2.24) is 4.90 Å². The summed E-state index contributed by atoms with van der Waals surface area (Å²) < 4.78 is 0. The molecule has 2 aromatic carbocycles. The number of rotatable bonds is 3. The van der Waals surface area contributed by atoms with E-state index in [0.29, 0.717) is 0 Å². The third kappa shape index (κ3) is 2.45. The minimum Gasteiger partial charge on any atom is -0.368 e. The topological polar surface area (TPSA) is 46.3 Å². The van der Waals surface area contributed by atoms with Crippen LogP contribution in [0.4, 0.5) is 0 Å². The minimum atomic E-state index is -0.339. The van der Waals surface area contributed by atoms with Gasteiger partial charge in [-0.2, -0.15) is 0 Å². The minimum absolute atomic E-state index is 0.284. The SMILES string of the molecule is NC(=O)C1c2cc[c]cc2CCN1Cc1ccccc1. The molecule has 0 bridgehead atoms. The van der Waals surface area contributed by atoms with E-state index in [2.05, 4.69) is 23.1 Å². The first-order valence-electron chi connectivity index (χ1n) is 6.82. The first kappa shape index (κ1) is 12.9. The molecule has 0 fully saturated rings. The van der Waals surface area contributed by atoms with Crippen molar-refractivity contribution in [3.63, 3.8) is 0 Å². The van der Waals surface area contributed by atoms with Crippen molar-refractivity contribution >= 4 is 5.91 Å². The van der Waals surface area contributed by atoms with Crippen LogP contribution in [-0.2, 0) is 17.8 Å². The summed E-state index contributed by atoms with van der Waals surface area (Å²) in [6, 6.07) is 18.7. The Balaban J connectivity index is 1.91. The Kier molecular flexibility index (Phi) is 3.52. The van der Waals surface area contributed by atoms with Gasteiger partial charge in [0.25, 0.3) is 0 Å². The number of hydrogen-bond acceptors (Lipinski definition) is 2. The lowest BCUT2D eigenvalue weighted by Gasteiger charge is -2.35. The molecule has 0 spiro atoms. The molecule has 1 heterocycles. The maximum Gasteiger partial charge on any atom is 0.239 e. The van der Waals surface area contributed by atoms with Gasteiger partial charge >= 0.3 is 0 Å². The quantitative estimate of drug-likeness (QED) is 0.923. The highest BCUT2D eigenvalue weighted by atomic mass is 16.1. The molecule has 0 saturated carbocycles. The molecule has 20 heavy (non-hydrogen) atoms. The predicted molar refractivity (Wildman–Crippen MR) is 77.8 cm³/mol. The van der Waals surface area contributed by atoms with Crippen LogP contribution in [-0.4, -0.2) is 17.4 Å². The second-order valence-electron chi connectivity index (χ2n) is 5.14.